The van der Waals surface area contributed by atoms with E-state index in [1.165, 1.54) is 23.5 Å². The van der Waals surface area contributed by atoms with Gasteiger partial charge in [0.05, 0.1) is 11.5 Å². The molecule has 1 saturated carbocycles. The van der Waals surface area contributed by atoms with Gasteiger partial charge in [0, 0.05) is 37.2 Å². The molecule has 0 bridgehead atoms. The third kappa shape index (κ3) is 4.75. The number of carbonyl (C=O) groups excluding carboxylic acids is 2. The second-order valence-corrected chi connectivity index (χ2v) is 9.60. The molecule has 0 spiro atoms. The number of rotatable bonds is 8. The van der Waals surface area contributed by atoms with Crippen molar-refractivity contribution in [2.75, 3.05) is 32.0 Å². The lowest BCUT2D eigenvalue weighted by molar-refractivity contribution is 0.0737. The second-order valence-electron chi connectivity index (χ2n) is 8.57. The lowest BCUT2D eigenvalue weighted by Gasteiger charge is -2.22. The summed E-state index contributed by atoms with van der Waals surface area (Å²) in [7, 11) is 0. The number of hydrogen-bond acceptors (Lipinski definition) is 6. The Bertz CT molecular complexity index is 1220. The summed E-state index contributed by atoms with van der Waals surface area (Å²) in [5.74, 6) is 0.455. The first-order valence-corrected chi connectivity index (χ1v) is 12.2. The molecule has 0 saturated heterocycles. The summed E-state index contributed by atoms with van der Waals surface area (Å²) in [5, 5.41) is 3.22. The van der Waals surface area contributed by atoms with Crippen molar-refractivity contribution in [2.45, 2.75) is 19.3 Å². The highest BCUT2D eigenvalue weighted by Crippen LogP contribution is 2.34. The maximum absolute atomic E-state index is 13.5. The van der Waals surface area contributed by atoms with Gasteiger partial charge in [-0.15, -0.1) is 0 Å². The van der Waals surface area contributed by atoms with Crippen LogP contribution in [0.1, 0.15) is 39.3 Å². The minimum atomic E-state index is -0.351. The molecule has 34 heavy (non-hydrogen) atoms. The average molecular weight is 481 g/mol. The van der Waals surface area contributed by atoms with Crippen LogP contribution in [0.3, 0.4) is 0 Å². The van der Waals surface area contributed by atoms with Crippen LogP contribution in [0, 0.1) is 11.7 Å². The van der Waals surface area contributed by atoms with Gasteiger partial charge in [0.15, 0.2) is 5.13 Å². The predicted octanol–water partition coefficient (Wildman–Crippen LogP) is 3.75. The van der Waals surface area contributed by atoms with Crippen LogP contribution in [0.15, 0.2) is 42.5 Å². The number of fused-ring (bicyclic) bond motifs is 1. The van der Waals surface area contributed by atoms with E-state index < -0.39 is 0 Å². The summed E-state index contributed by atoms with van der Waals surface area (Å²) in [6.45, 7) is 1.85. The van der Waals surface area contributed by atoms with Gasteiger partial charge in [0.25, 0.3) is 11.8 Å². The van der Waals surface area contributed by atoms with Gasteiger partial charge in [-0.25, -0.2) is 9.37 Å². The van der Waals surface area contributed by atoms with E-state index in [0.29, 0.717) is 54.6 Å². The van der Waals surface area contributed by atoms with Gasteiger partial charge >= 0.3 is 0 Å². The number of thiazole rings is 1. The molecule has 9 heteroatoms. The van der Waals surface area contributed by atoms with Gasteiger partial charge in [-0.05, 0) is 48.6 Å². The van der Waals surface area contributed by atoms with E-state index in [9.17, 15) is 14.0 Å². The molecule has 2 aromatic carbocycles. The zero-order valence-corrected chi connectivity index (χ0v) is 19.4. The molecule has 3 N–H and O–H groups in total. The number of anilines is 1. The summed E-state index contributed by atoms with van der Waals surface area (Å²) in [4.78, 5) is 32.9. The Labute approximate surface area is 200 Å². The molecule has 1 aromatic heterocycles. The zero-order chi connectivity index (χ0) is 23.7. The van der Waals surface area contributed by atoms with Crippen molar-refractivity contribution in [3.05, 3.63) is 65.1 Å². The van der Waals surface area contributed by atoms with Crippen molar-refractivity contribution < 1.29 is 18.7 Å². The number of halogens is 1. The topological polar surface area (TPSA) is 97.5 Å². The molecule has 1 aliphatic carbocycles. The van der Waals surface area contributed by atoms with Crippen LogP contribution in [0.4, 0.5) is 9.52 Å². The third-order valence-corrected chi connectivity index (χ3v) is 7.00. The molecule has 1 fully saturated rings. The lowest BCUT2D eigenvalue weighted by Crippen LogP contribution is -2.40. The summed E-state index contributed by atoms with van der Waals surface area (Å²) < 4.78 is 18.9. The Hall–Kier alpha value is -3.46. The molecule has 2 aliphatic rings. The lowest BCUT2D eigenvalue weighted by atomic mass is 10.0. The van der Waals surface area contributed by atoms with Crippen LogP contribution < -0.4 is 15.8 Å². The van der Waals surface area contributed by atoms with Crippen LogP contribution in [0.2, 0.25) is 0 Å². The molecule has 2 amide bonds. The SMILES string of the molecule is Nc1nc(C(=O)N(CCNC(=O)c2cccc3c2CCO3)CC2CC2)c(-c2ccc(F)cc2)s1. The minimum absolute atomic E-state index is 0.175. The Morgan fingerprint density at radius 3 is 2.76 bits per heavy atom. The number of benzene rings is 2. The van der Waals surface area contributed by atoms with E-state index in [0.717, 1.165) is 24.2 Å². The molecule has 1 aliphatic heterocycles. The summed E-state index contributed by atoms with van der Waals surface area (Å²) in [6, 6.07) is 11.4. The molecule has 7 nitrogen and oxygen atoms in total. The maximum Gasteiger partial charge on any atom is 0.274 e. The van der Waals surface area contributed by atoms with E-state index >= 15 is 0 Å². The van der Waals surface area contributed by atoms with Crippen molar-refractivity contribution in [2.24, 2.45) is 5.92 Å². The molecule has 0 atom stereocenters. The quantitative estimate of drug-likeness (QED) is 0.512. The molecule has 2 heterocycles. The molecular formula is C25H25FN4O3S. The molecule has 5 rings (SSSR count). The average Bonchev–Trinajstić information content (AvgIpc) is 3.36. The summed E-state index contributed by atoms with van der Waals surface area (Å²) in [6.07, 6.45) is 2.87. The molecule has 3 aromatic rings. The van der Waals surface area contributed by atoms with E-state index in [-0.39, 0.29) is 28.5 Å². The van der Waals surface area contributed by atoms with Crippen molar-refractivity contribution in [1.29, 1.82) is 0 Å². The number of nitrogens with one attached hydrogen (secondary N) is 1. The second kappa shape index (κ2) is 9.42. The highest BCUT2D eigenvalue weighted by molar-refractivity contribution is 7.19. The van der Waals surface area contributed by atoms with Gasteiger partial charge in [-0.1, -0.05) is 29.5 Å². The van der Waals surface area contributed by atoms with Gasteiger partial charge in [-0.2, -0.15) is 0 Å². The highest BCUT2D eigenvalue weighted by Gasteiger charge is 2.30. The monoisotopic (exact) mass is 480 g/mol. The fourth-order valence-corrected chi connectivity index (χ4v) is 4.98. The fraction of sp³-hybridized carbons (Fsp3) is 0.320. The number of carbonyl (C=O) groups is 2. The number of nitrogens with two attached hydrogens (primary N) is 1. The van der Waals surface area contributed by atoms with E-state index in [1.54, 1.807) is 23.1 Å². The van der Waals surface area contributed by atoms with Gasteiger partial charge in [0.1, 0.15) is 17.3 Å². The smallest absolute Gasteiger partial charge is 0.274 e. The van der Waals surface area contributed by atoms with Crippen LogP contribution >= 0.6 is 11.3 Å². The molecule has 176 valence electrons. The zero-order valence-electron chi connectivity index (χ0n) is 18.6. The standard InChI is InChI=1S/C25H25FN4O3S/c26-17-8-6-16(7-9-17)22-21(29-25(27)34-22)24(32)30(14-15-4-5-15)12-11-28-23(31)19-2-1-3-20-18(19)10-13-33-20/h1-3,6-9,15H,4-5,10-14H2,(H2,27,29)(H,28,31). The number of hydrogen-bond donors (Lipinski definition) is 2. The molecule has 0 radical (unpaired) electrons. The largest absolute Gasteiger partial charge is 0.493 e. The normalized spacial score (nSPS) is 14.4. The number of ether oxygens (including phenoxy) is 1. The molecule has 0 unspecified atom stereocenters. The Morgan fingerprint density at radius 2 is 2.00 bits per heavy atom. The van der Waals surface area contributed by atoms with Crippen molar-refractivity contribution in [3.63, 3.8) is 0 Å². The van der Waals surface area contributed by atoms with E-state index in [4.69, 9.17) is 10.5 Å². The first-order valence-electron chi connectivity index (χ1n) is 11.3. The predicted molar refractivity (Wildman–Crippen MR) is 129 cm³/mol. The Kier molecular flexibility index (Phi) is 6.19. The fourth-order valence-electron chi connectivity index (χ4n) is 4.15. The summed E-state index contributed by atoms with van der Waals surface area (Å²) >= 11 is 1.21. The Balaban J connectivity index is 1.30. The highest BCUT2D eigenvalue weighted by atomic mass is 32.1. The van der Waals surface area contributed by atoms with Crippen LogP contribution in [-0.2, 0) is 6.42 Å². The number of nitrogen functional groups attached to an aromatic ring is 1. The van der Waals surface area contributed by atoms with Crippen LogP contribution in [0.25, 0.3) is 10.4 Å². The van der Waals surface area contributed by atoms with Gasteiger partial charge in [-0.3, -0.25) is 9.59 Å². The summed E-state index contributed by atoms with van der Waals surface area (Å²) in [5.41, 5.74) is 8.43. The first-order chi connectivity index (χ1) is 16.5. The number of nitrogens with zero attached hydrogens (tertiary/aromatic N) is 2. The van der Waals surface area contributed by atoms with Crippen molar-refractivity contribution in [3.8, 4) is 16.2 Å². The van der Waals surface area contributed by atoms with Crippen molar-refractivity contribution in [1.82, 2.24) is 15.2 Å². The van der Waals surface area contributed by atoms with Gasteiger partial charge < -0.3 is 20.7 Å². The van der Waals surface area contributed by atoms with Gasteiger partial charge in [0.2, 0.25) is 0 Å². The minimum Gasteiger partial charge on any atom is -0.493 e. The van der Waals surface area contributed by atoms with Crippen LogP contribution in [0.5, 0.6) is 5.75 Å². The van der Waals surface area contributed by atoms with Crippen molar-refractivity contribution >= 4 is 28.3 Å². The first kappa shape index (κ1) is 22.3. The third-order valence-electron chi connectivity index (χ3n) is 6.07. The Morgan fingerprint density at radius 1 is 1.21 bits per heavy atom. The van der Waals surface area contributed by atoms with Crippen LogP contribution in [-0.4, -0.2) is 47.9 Å². The van der Waals surface area contributed by atoms with E-state index in [2.05, 4.69) is 10.3 Å². The number of amides is 2. The number of aromatic nitrogens is 1. The van der Waals surface area contributed by atoms with E-state index in [1.807, 2.05) is 12.1 Å². The maximum atomic E-state index is 13.5. The molecular weight excluding hydrogens is 455 g/mol.